The summed E-state index contributed by atoms with van der Waals surface area (Å²) in [6.07, 6.45) is -2.58. The minimum atomic E-state index is -4.64. The van der Waals surface area contributed by atoms with Gasteiger partial charge in [-0.1, -0.05) is 6.07 Å². The van der Waals surface area contributed by atoms with Gasteiger partial charge in [-0.05, 0) is 68.1 Å². The molecule has 0 radical (unpaired) electrons. The second-order valence-electron chi connectivity index (χ2n) is 8.68. The van der Waals surface area contributed by atoms with Crippen LogP contribution in [0.3, 0.4) is 0 Å². The maximum atomic E-state index is 13.4. The second-order valence-corrected chi connectivity index (χ2v) is 10.5. The van der Waals surface area contributed by atoms with E-state index in [1.165, 1.54) is 41.7 Å². The molecular formula is C24H25F3N2O5S. The fourth-order valence-corrected chi connectivity index (χ4v) is 6.32. The predicted molar refractivity (Wildman–Crippen MR) is 120 cm³/mol. The van der Waals surface area contributed by atoms with E-state index in [1.807, 2.05) is 0 Å². The number of carbonyl (C=O) groups excluding carboxylic acids is 2. The van der Waals surface area contributed by atoms with Crippen molar-refractivity contribution in [3.05, 3.63) is 65.2 Å². The Morgan fingerprint density at radius 3 is 2.06 bits per heavy atom. The molecule has 1 aliphatic heterocycles. The lowest BCUT2D eigenvalue weighted by molar-refractivity contribution is -0.137. The van der Waals surface area contributed by atoms with Crippen molar-refractivity contribution in [2.75, 3.05) is 20.2 Å². The van der Waals surface area contributed by atoms with Gasteiger partial charge in [0.25, 0.3) is 5.91 Å². The molecule has 35 heavy (non-hydrogen) atoms. The predicted octanol–water partition coefficient (Wildman–Crippen LogP) is 3.95. The summed E-state index contributed by atoms with van der Waals surface area (Å²) in [5, 5.41) is 0. The van der Waals surface area contributed by atoms with Crippen molar-refractivity contribution in [3.63, 3.8) is 0 Å². The van der Waals surface area contributed by atoms with Gasteiger partial charge >= 0.3 is 12.1 Å². The molecule has 1 amide bonds. The van der Waals surface area contributed by atoms with Gasteiger partial charge in [-0.15, -0.1) is 0 Å². The lowest BCUT2D eigenvalue weighted by atomic mass is 10.0. The van der Waals surface area contributed by atoms with Crippen LogP contribution in [-0.4, -0.2) is 61.8 Å². The lowest BCUT2D eigenvalue weighted by Gasteiger charge is -2.38. The zero-order valence-corrected chi connectivity index (χ0v) is 19.8. The number of hydrogen-bond acceptors (Lipinski definition) is 5. The Hall–Kier alpha value is -2.92. The summed E-state index contributed by atoms with van der Waals surface area (Å²) in [7, 11) is -2.87. The molecule has 0 spiro atoms. The molecule has 1 heterocycles. The molecule has 0 bridgehead atoms. The molecule has 2 fully saturated rings. The quantitative estimate of drug-likeness (QED) is 0.550. The van der Waals surface area contributed by atoms with Crippen LogP contribution in [-0.2, 0) is 20.9 Å². The van der Waals surface area contributed by atoms with Gasteiger partial charge in [-0.2, -0.15) is 17.5 Å². The normalized spacial score (nSPS) is 17.5. The number of methoxy groups -OCH3 is 1. The monoisotopic (exact) mass is 510 g/mol. The number of carbonyl (C=O) groups is 2. The molecule has 0 atom stereocenters. The molecule has 2 aromatic rings. The maximum absolute atomic E-state index is 13.4. The molecular weight excluding hydrogens is 485 g/mol. The van der Waals surface area contributed by atoms with Crippen LogP contribution in [0.4, 0.5) is 13.2 Å². The summed E-state index contributed by atoms with van der Waals surface area (Å²) < 4.78 is 72.2. The van der Waals surface area contributed by atoms with Crippen molar-refractivity contribution < 1.29 is 35.9 Å². The van der Waals surface area contributed by atoms with Crippen molar-refractivity contribution in [3.8, 4) is 0 Å². The van der Waals surface area contributed by atoms with E-state index < -0.39 is 33.8 Å². The molecule has 0 unspecified atom stereocenters. The minimum Gasteiger partial charge on any atom is -0.465 e. The van der Waals surface area contributed by atoms with Crippen LogP contribution >= 0.6 is 0 Å². The van der Waals surface area contributed by atoms with Crippen LogP contribution in [0, 0.1) is 0 Å². The fourth-order valence-electron chi connectivity index (χ4n) is 4.35. The van der Waals surface area contributed by atoms with E-state index in [-0.39, 0.29) is 16.8 Å². The van der Waals surface area contributed by atoms with Crippen LogP contribution in [0.2, 0.25) is 0 Å². The van der Waals surface area contributed by atoms with Crippen molar-refractivity contribution in [2.24, 2.45) is 0 Å². The highest BCUT2D eigenvalue weighted by atomic mass is 32.2. The van der Waals surface area contributed by atoms with Crippen molar-refractivity contribution in [1.82, 2.24) is 9.21 Å². The van der Waals surface area contributed by atoms with Crippen molar-refractivity contribution in [2.45, 2.75) is 48.8 Å². The van der Waals surface area contributed by atoms with E-state index in [1.54, 1.807) is 4.90 Å². The molecule has 0 N–H and O–H groups in total. The third kappa shape index (κ3) is 5.35. The number of hydrogen-bond donors (Lipinski definition) is 0. The first-order valence-electron chi connectivity index (χ1n) is 11.2. The van der Waals surface area contributed by atoms with E-state index in [9.17, 15) is 31.2 Å². The Bertz CT molecular complexity index is 1200. The molecule has 7 nitrogen and oxygen atoms in total. The van der Waals surface area contributed by atoms with Crippen molar-refractivity contribution in [1.29, 1.82) is 0 Å². The van der Waals surface area contributed by atoms with E-state index in [0.29, 0.717) is 56.0 Å². The van der Waals surface area contributed by atoms with Crippen LogP contribution in [0.25, 0.3) is 0 Å². The zero-order valence-electron chi connectivity index (χ0n) is 19.0. The van der Waals surface area contributed by atoms with Gasteiger partial charge in [0.2, 0.25) is 10.0 Å². The first kappa shape index (κ1) is 25.2. The number of halogens is 3. The number of benzene rings is 2. The molecule has 1 saturated heterocycles. The molecule has 188 valence electrons. The van der Waals surface area contributed by atoms with E-state index in [2.05, 4.69) is 4.74 Å². The smallest absolute Gasteiger partial charge is 0.416 e. The average molecular weight is 511 g/mol. The molecule has 1 saturated carbocycles. The van der Waals surface area contributed by atoms with Gasteiger partial charge in [0, 0.05) is 30.7 Å². The van der Waals surface area contributed by atoms with Gasteiger partial charge in [0.05, 0.1) is 23.1 Å². The van der Waals surface area contributed by atoms with Gasteiger partial charge in [-0.3, -0.25) is 4.79 Å². The summed E-state index contributed by atoms with van der Waals surface area (Å²) in [6, 6.07) is 9.25. The Balaban J connectivity index is 1.47. The van der Waals surface area contributed by atoms with Crippen LogP contribution in [0.15, 0.2) is 53.4 Å². The van der Waals surface area contributed by atoms with E-state index >= 15 is 0 Å². The standard InChI is InChI=1S/C24H25F3N2O5S/c1-34-23(31)17-7-5-16(6-8-17)22(30)28-13-11-20(12-14-28)29(19-9-10-19)35(32,33)21-4-2-3-18(15-21)24(25,26)27/h2-8,15,19-20H,9-14H2,1H3. The summed E-state index contributed by atoms with van der Waals surface area (Å²) in [6.45, 7) is 0.618. The second kappa shape index (κ2) is 9.62. The minimum absolute atomic E-state index is 0.237. The number of alkyl halides is 3. The SMILES string of the molecule is COC(=O)c1ccc(C(=O)N2CCC(N(C3CC3)S(=O)(=O)c3cccc(C(F)(F)F)c3)CC2)cc1. The Labute approximate surface area is 201 Å². The first-order valence-corrected chi connectivity index (χ1v) is 12.6. The zero-order chi connectivity index (χ0) is 25.4. The first-order chi connectivity index (χ1) is 16.5. The molecule has 2 aromatic carbocycles. The Morgan fingerprint density at radius 2 is 1.51 bits per heavy atom. The summed E-state index contributed by atoms with van der Waals surface area (Å²) in [5.74, 6) is -0.745. The molecule has 1 aliphatic carbocycles. The lowest BCUT2D eigenvalue weighted by Crippen LogP contribution is -2.49. The maximum Gasteiger partial charge on any atom is 0.416 e. The number of amides is 1. The number of piperidine rings is 1. The topological polar surface area (TPSA) is 84.0 Å². The number of nitrogens with zero attached hydrogens (tertiary/aromatic N) is 2. The highest BCUT2D eigenvalue weighted by molar-refractivity contribution is 7.89. The number of esters is 1. The highest BCUT2D eigenvalue weighted by Gasteiger charge is 2.44. The van der Waals surface area contributed by atoms with E-state index in [0.717, 1.165) is 12.1 Å². The number of sulfonamides is 1. The van der Waals surface area contributed by atoms with Gasteiger partial charge in [0.1, 0.15) is 0 Å². The third-order valence-electron chi connectivity index (χ3n) is 6.31. The number of likely N-dealkylation sites (tertiary alicyclic amines) is 1. The van der Waals surface area contributed by atoms with Crippen LogP contribution < -0.4 is 0 Å². The Morgan fingerprint density at radius 1 is 0.943 bits per heavy atom. The number of rotatable bonds is 6. The summed E-state index contributed by atoms with van der Waals surface area (Å²) in [4.78, 5) is 25.7. The van der Waals surface area contributed by atoms with Gasteiger partial charge < -0.3 is 9.64 Å². The fraction of sp³-hybridized carbons (Fsp3) is 0.417. The molecule has 11 heteroatoms. The van der Waals surface area contributed by atoms with Gasteiger partial charge in [-0.25, -0.2) is 13.2 Å². The molecule has 2 aliphatic rings. The Kier molecular flexibility index (Phi) is 6.92. The molecule has 4 rings (SSSR count). The van der Waals surface area contributed by atoms with Gasteiger partial charge in [0.15, 0.2) is 0 Å². The van der Waals surface area contributed by atoms with Crippen molar-refractivity contribution >= 4 is 21.9 Å². The summed E-state index contributed by atoms with van der Waals surface area (Å²) in [5.41, 5.74) is -0.290. The van der Waals surface area contributed by atoms with E-state index in [4.69, 9.17) is 0 Å². The van der Waals surface area contributed by atoms with Crippen LogP contribution in [0.1, 0.15) is 52.0 Å². The summed E-state index contributed by atoms with van der Waals surface area (Å²) >= 11 is 0. The van der Waals surface area contributed by atoms with Crippen LogP contribution in [0.5, 0.6) is 0 Å². The average Bonchev–Trinajstić information content (AvgIpc) is 3.68. The largest absolute Gasteiger partial charge is 0.465 e. The third-order valence-corrected chi connectivity index (χ3v) is 8.31. The number of ether oxygens (including phenoxy) is 1. The molecule has 0 aromatic heterocycles. The highest BCUT2D eigenvalue weighted by Crippen LogP contribution is 2.38.